The van der Waals surface area contributed by atoms with Crippen LogP contribution in [0.3, 0.4) is 0 Å². The molecule has 0 spiro atoms. The van der Waals surface area contributed by atoms with Gasteiger partial charge in [0.25, 0.3) is 0 Å². The average Bonchev–Trinajstić information content (AvgIpc) is 2.98. The second-order valence-corrected chi connectivity index (χ2v) is 4.69. The molecule has 1 amide bonds. The van der Waals surface area contributed by atoms with Crippen molar-refractivity contribution in [3.8, 4) is 0 Å². The topological polar surface area (TPSA) is 68.2 Å². The third kappa shape index (κ3) is 3.98. The maximum Gasteiger partial charge on any atom is 0.411 e. The summed E-state index contributed by atoms with van der Waals surface area (Å²) in [5, 5.41) is 10.3. The third-order valence-electron chi connectivity index (χ3n) is 3.18. The number of amides is 1. The fraction of sp³-hybridized carbons (Fsp3) is 0.333. The lowest BCUT2D eigenvalue weighted by Crippen LogP contribution is -2.11. The van der Waals surface area contributed by atoms with Crippen molar-refractivity contribution in [3.63, 3.8) is 0 Å². The molecule has 2 N–H and O–H groups in total. The molecular weight excluding hydrogens is 268 g/mol. The lowest BCUT2D eigenvalue weighted by molar-refractivity contribution is 0.187. The molecule has 6 nitrogen and oxygen atoms in total. The highest BCUT2D eigenvalue weighted by Crippen LogP contribution is 2.20. The molecule has 2 rings (SSSR count). The van der Waals surface area contributed by atoms with Gasteiger partial charge in [-0.05, 0) is 38.1 Å². The van der Waals surface area contributed by atoms with Crippen LogP contribution in [0.1, 0.15) is 25.5 Å². The number of nitrogens with zero attached hydrogens (tertiary/aromatic N) is 2. The summed E-state index contributed by atoms with van der Waals surface area (Å²) in [6.45, 7) is 5.00. The van der Waals surface area contributed by atoms with Crippen LogP contribution in [0.5, 0.6) is 0 Å². The standard InChI is InChI=1S/C15H20N4O2/c1-4-19-10-12(9-16-19)11(2)17-13-5-7-14(8-6-13)18-15(20)21-3/h5-11,17H,4H2,1-3H3,(H,18,20). The second-order valence-electron chi connectivity index (χ2n) is 4.69. The molecule has 0 aliphatic carbocycles. The number of anilines is 2. The Morgan fingerprint density at radius 1 is 1.33 bits per heavy atom. The Bertz CT molecular complexity index is 592. The van der Waals surface area contributed by atoms with E-state index in [0.717, 1.165) is 17.8 Å². The summed E-state index contributed by atoms with van der Waals surface area (Å²) >= 11 is 0. The molecule has 2 aromatic rings. The van der Waals surface area contributed by atoms with Gasteiger partial charge in [-0.2, -0.15) is 5.10 Å². The Labute approximate surface area is 124 Å². The maximum absolute atomic E-state index is 11.1. The van der Waals surface area contributed by atoms with Crippen LogP contribution < -0.4 is 10.6 Å². The summed E-state index contributed by atoms with van der Waals surface area (Å²) in [6.07, 6.45) is 3.43. The molecule has 1 atom stereocenters. The van der Waals surface area contributed by atoms with Crippen LogP contribution in [-0.4, -0.2) is 23.0 Å². The van der Waals surface area contributed by atoms with Crippen molar-refractivity contribution in [2.24, 2.45) is 0 Å². The van der Waals surface area contributed by atoms with E-state index in [9.17, 15) is 4.79 Å². The van der Waals surface area contributed by atoms with Gasteiger partial charge >= 0.3 is 6.09 Å². The van der Waals surface area contributed by atoms with E-state index in [1.165, 1.54) is 7.11 Å². The zero-order valence-corrected chi connectivity index (χ0v) is 12.5. The van der Waals surface area contributed by atoms with Crippen molar-refractivity contribution in [2.75, 3.05) is 17.7 Å². The number of aromatic nitrogens is 2. The van der Waals surface area contributed by atoms with Gasteiger partial charge in [-0.25, -0.2) is 4.79 Å². The highest BCUT2D eigenvalue weighted by molar-refractivity contribution is 5.84. The van der Waals surface area contributed by atoms with Crippen molar-refractivity contribution >= 4 is 17.5 Å². The first-order valence-electron chi connectivity index (χ1n) is 6.86. The summed E-state index contributed by atoms with van der Waals surface area (Å²) in [7, 11) is 1.34. The number of ether oxygens (including phenoxy) is 1. The van der Waals surface area contributed by atoms with Gasteiger partial charge in [-0.1, -0.05) is 0 Å². The largest absolute Gasteiger partial charge is 0.453 e. The number of rotatable bonds is 5. The fourth-order valence-corrected chi connectivity index (χ4v) is 1.93. The summed E-state index contributed by atoms with van der Waals surface area (Å²) in [6, 6.07) is 7.62. The first-order valence-corrected chi connectivity index (χ1v) is 6.86. The minimum Gasteiger partial charge on any atom is -0.453 e. The number of benzene rings is 1. The lowest BCUT2D eigenvalue weighted by atomic mass is 10.2. The molecule has 1 unspecified atom stereocenters. The number of aryl methyl sites for hydroxylation is 1. The maximum atomic E-state index is 11.1. The van der Waals surface area contributed by atoms with Crippen LogP contribution in [0.15, 0.2) is 36.7 Å². The molecule has 21 heavy (non-hydrogen) atoms. The van der Waals surface area contributed by atoms with Crippen LogP contribution in [0.2, 0.25) is 0 Å². The molecule has 0 saturated heterocycles. The van der Waals surface area contributed by atoms with E-state index in [1.54, 1.807) is 0 Å². The molecule has 0 saturated carbocycles. The minimum absolute atomic E-state index is 0.157. The molecule has 1 aromatic carbocycles. The zero-order valence-electron chi connectivity index (χ0n) is 12.5. The molecule has 112 valence electrons. The van der Waals surface area contributed by atoms with Gasteiger partial charge in [0.05, 0.1) is 19.3 Å². The van der Waals surface area contributed by atoms with Crippen LogP contribution in [-0.2, 0) is 11.3 Å². The monoisotopic (exact) mass is 288 g/mol. The number of hydrogen-bond acceptors (Lipinski definition) is 4. The predicted molar refractivity (Wildman–Crippen MR) is 82.4 cm³/mol. The van der Waals surface area contributed by atoms with Crippen LogP contribution in [0, 0.1) is 0 Å². The van der Waals surface area contributed by atoms with Gasteiger partial charge in [0.1, 0.15) is 0 Å². The Morgan fingerprint density at radius 3 is 2.57 bits per heavy atom. The Balaban J connectivity index is 1.97. The van der Waals surface area contributed by atoms with Crippen molar-refractivity contribution < 1.29 is 9.53 Å². The molecule has 0 radical (unpaired) electrons. The first kappa shape index (κ1) is 14.9. The summed E-state index contributed by atoms with van der Waals surface area (Å²) < 4.78 is 6.44. The zero-order chi connectivity index (χ0) is 15.2. The van der Waals surface area contributed by atoms with Crippen LogP contribution in [0.4, 0.5) is 16.2 Å². The SMILES string of the molecule is CCn1cc(C(C)Nc2ccc(NC(=O)OC)cc2)cn1. The number of carbonyl (C=O) groups is 1. The Kier molecular flexibility index (Phi) is 4.81. The minimum atomic E-state index is -0.476. The summed E-state index contributed by atoms with van der Waals surface area (Å²) in [5.74, 6) is 0. The molecule has 0 fully saturated rings. The van der Waals surface area contributed by atoms with E-state index >= 15 is 0 Å². The van der Waals surface area contributed by atoms with Crippen molar-refractivity contribution in [2.45, 2.75) is 26.4 Å². The van der Waals surface area contributed by atoms with Gasteiger partial charge in [-0.15, -0.1) is 0 Å². The first-order chi connectivity index (χ1) is 10.1. The van der Waals surface area contributed by atoms with E-state index in [-0.39, 0.29) is 6.04 Å². The van der Waals surface area contributed by atoms with Gasteiger partial charge < -0.3 is 10.1 Å². The fourth-order valence-electron chi connectivity index (χ4n) is 1.93. The lowest BCUT2D eigenvalue weighted by Gasteiger charge is -2.14. The summed E-state index contributed by atoms with van der Waals surface area (Å²) in [4.78, 5) is 11.1. The van der Waals surface area contributed by atoms with E-state index in [1.807, 2.05) is 41.3 Å². The normalized spacial score (nSPS) is 11.8. The Hall–Kier alpha value is -2.50. The average molecular weight is 288 g/mol. The molecule has 1 aromatic heterocycles. The molecule has 0 aliphatic heterocycles. The van der Waals surface area contributed by atoms with E-state index < -0.39 is 6.09 Å². The highest BCUT2D eigenvalue weighted by atomic mass is 16.5. The molecule has 6 heteroatoms. The van der Waals surface area contributed by atoms with E-state index in [2.05, 4.69) is 34.3 Å². The summed E-state index contributed by atoms with van der Waals surface area (Å²) in [5.41, 5.74) is 2.80. The molecule has 0 bridgehead atoms. The molecule has 0 aliphatic rings. The van der Waals surface area contributed by atoms with Crippen LogP contribution in [0.25, 0.3) is 0 Å². The predicted octanol–water partition coefficient (Wildman–Crippen LogP) is 3.25. The number of carbonyl (C=O) groups excluding carboxylic acids is 1. The second kappa shape index (κ2) is 6.78. The number of nitrogens with one attached hydrogen (secondary N) is 2. The van der Waals surface area contributed by atoms with Gasteiger partial charge in [0, 0.05) is 29.7 Å². The third-order valence-corrected chi connectivity index (χ3v) is 3.18. The smallest absolute Gasteiger partial charge is 0.411 e. The highest BCUT2D eigenvalue weighted by Gasteiger charge is 2.08. The quantitative estimate of drug-likeness (QED) is 0.886. The number of methoxy groups -OCH3 is 1. The molecular formula is C15H20N4O2. The number of hydrogen-bond donors (Lipinski definition) is 2. The van der Waals surface area contributed by atoms with E-state index in [0.29, 0.717) is 5.69 Å². The van der Waals surface area contributed by atoms with Gasteiger partial charge in [-0.3, -0.25) is 10.00 Å². The van der Waals surface area contributed by atoms with E-state index in [4.69, 9.17) is 0 Å². The Morgan fingerprint density at radius 2 is 2.00 bits per heavy atom. The molecule has 1 heterocycles. The van der Waals surface area contributed by atoms with Crippen molar-refractivity contribution in [1.82, 2.24) is 9.78 Å². The van der Waals surface area contributed by atoms with Crippen molar-refractivity contribution in [1.29, 1.82) is 0 Å². The van der Waals surface area contributed by atoms with Gasteiger partial charge in [0.2, 0.25) is 0 Å². The van der Waals surface area contributed by atoms with Gasteiger partial charge in [0.15, 0.2) is 0 Å². The van der Waals surface area contributed by atoms with Crippen LogP contribution >= 0.6 is 0 Å². The van der Waals surface area contributed by atoms with Crippen molar-refractivity contribution in [3.05, 3.63) is 42.2 Å².